The van der Waals surface area contributed by atoms with Crippen molar-refractivity contribution in [3.63, 3.8) is 0 Å². The fourth-order valence-corrected chi connectivity index (χ4v) is 13.0. The Morgan fingerprint density at radius 1 is 0.291 bits per heavy atom. The van der Waals surface area contributed by atoms with E-state index in [4.69, 9.17) is 15.0 Å². The standard InChI is InChI=1S/C79H73BN6/c1-76(2,3)55-44-56(77(4,5)6)47-60(46-55)85-68-33-23-20-30-64(68)80-65-31-21-24-34-69(65)86(61-48-57(78(7,8)9)45-58(49-61)79(10,11)12)71-43-54(42-70(85)72(71)80)53-37-40-67-63(41-53)62-29-19-22-32-66(62)84(67)59-38-35-52(36-39-59)75-82-73(50-25-15-13-16-26-50)81-74(83-75)51-27-17-14-18-28-51/h13-49H,1-12H3. The normalized spacial score (nSPS) is 13.3. The molecule has 2 aliphatic heterocycles. The first-order valence-electron chi connectivity index (χ1n) is 30.5. The van der Waals surface area contributed by atoms with Crippen LogP contribution in [0, 0.1) is 0 Å². The molecule has 0 aliphatic carbocycles. The summed E-state index contributed by atoms with van der Waals surface area (Å²) in [6.07, 6.45) is 0. The van der Waals surface area contributed by atoms with E-state index in [9.17, 15) is 0 Å². The molecule has 7 heteroatoms. The fourth-order valence-electron chi connectivity index (χ4n) is 13.0. The van der Waals surface area contributed by atoms with Crippen molar-refractivity contribution in [3.05, 3.63) is 247 Å². The summed E-state index contributed by atoms with van der Waals surface area (Å²) in [5, 5.41) is 2.38. The first kappa shape index (κ1) is 54.6. The molecule has 4 heterocycles. The molecule has 0 unspecified atom stereocenters. The van der Waals surface area contributed by atoms with Crippen LogP contribution in [0.2, 0.25) is 0 Å². The quantitative estimate of drug-likeness (QED) is 0.149. The Labute approximate surface area is 508 Å². The monoisotopic (exact) mass is 1120 g/mol. The highest BCUT2D eigenvalue weighted by Gasteiger charge is 2.44. The van der Waals surface area contributed by atoms with Gasteiger partial charge in [-0.1, -0.05) is 217 Å². The highest BCUT2D eigenvalue weighted by molar-refractivity contribution is 7.00. The Hall–Kier alpha value is -9.33. The Kier molecular flexibility index (Phi) is 12.8. The maximum absolute atomic E-state index is 5.06. The minimum Gasteiger partial charge on any atom is -0.311 e. The van der Waals surface area contributed by atoms with Crippen molar-refractivity contribution in [2.45, 2.75) is 105 Å². The number of aromatic nitrogens is 4. The largest absolute Gasteiger partial charge is 0.311 e. The van der Waals surface area contributed by atoms with Crippen LogP contribution in [-0.4, -0.2) is 26.2 Å². The van der Waals surface area contributed by atoms with Gasteiger partial charge < -0.3 is 14.4 Å². The van der Waals surface area contributed by atoms with E-state index in [1.165, 1.54) is 83.5 Å². The van der Waals surface area contributed by atoms with Gasteiger partial charge >= 0.3 is 0 Å². The summed E-state index contributed by atoms with van der Waals surface area (Å²) < 4.78 is 2.40. The van der Waals surface area contributed by atoms with E-state index >= 15 is 0 Å². The Balaban J connectivity index is 0.986. The second-order valence-electron chi connectivity index (χ2n) is 27.9. The molecule has 6 nitrogen and oxygen atoms in total. The average Bonchev–Trinajstić information content (AvgIpc) is 1.87. The molecule has 14 rings (SSSR count). The van der Waals surface area contributed by atoms with Crippen molar-refractivity contribution in [1.29, 1.82) is 0 Å². The summed E-state index contributed by atoms with van der Waals surface area (Å²) in [5.74, 6) is 1.91. The molecule has 12 aromatic rings. The van der Waals surface area contributed by atoms with E-state index in [1.807, 2.05) is 60.7 Å². The number of benzene rings is 10. The van der Waals surface area contributed by atoms with Crippen LogP contribution in [0.1, 0.15) is 105 Å². The molecular formula is C79H73BN6. The molecule has 0 spiro atoms. The predicted octanol–water partition coefficient (Wildman–Crippen LogP) is 18.9. The van der Waals surface area contributed by atoms with Crippen molar-refractivity contribution in [2.75, 3.05) is 9.80 Å². The van der Waals surface area contributed by atoms with Gasteiger partial charge in [0.2, 0.25) is 0 Å². The number of para-hydroxylation sites is 3. The molecule has 0 saturated carbocycles. The van der Waals surface area contributed by atoms with Gasteiger partial charge in [0.05, 0.1) is 11.0 Å². The fraction of sp³-hybridized carbons (Fsp3) is 0.203. The topological polar surface area (TPSA) is 50.1 Å². The van der Waals surface area contributed by atoms with E-state index in [0.717, 1.165) is 44.5 Å². The van der Waals surface area contributed by atoms with Crippen molar-refractivity contribution in [1.82, 2.24) is 19.5 Å². The number of anilines is 6. The van der Waals surface area contributed by atoms with Gasteiger partial charge in [-0.2, -0.15) is 0 Å². The van der Waals surface area contributed by atoms with Crippen LogP contribution in [-0.2, 0) is 21.7 Å². The van der Waals surface area contributed by atoms with E-state index in [0.29, 0.717) is 17.5 Å². The molecule has 0 radical (unpaired) electrons. The summed E-state index contributed by atoms with van der Waals surface area (Å²) in [7, 11) is 0. The summed E-state index contributed by atoms with van der Waals surface area (Å²) >= 11 is 0. The number of fused-ring (bicyclic) bond motifs is 7. The summed E-state index contributed by atoms with van der Waals surface area (Å²) in [5.41, 5.74) is 24.5. The van der Waals surface area contributed by atoms with E-state index in [1.54, 1.807) is 0 Å². The van der Waals surface area contributed by atoms with Crippen LogP contribution in [0.4, 0.5) is 34.1 Å². The van der Waals surface area contributed by atoms with Gasteiger partial charge in [-0.05, 0) is 162 Å². The molecule has 2 aliphatic rings. The average molecular weight is 1120 g/mol. The molecule has 0 bridgehead atoms. The molecule has 0 saturated heterocycles. The molecular weight excluding hydrogens is 1040 g/mol. The zero-order valence-electron chi connectivity index (χ0n) is 51.6. The third-order valence-corrected chi connectivity index (χ3v) is 17.8. The van der Waals surface area contributed by atoms with Gasteiger partial charge in [-0.3, -0.25) is 0 Å². The smallest absolute Gasteiger partial charge is 0.252 e. The van der Waals surface area contributed by atoms with Gasteiger partial charge in [0.15, 0.2) is 17.5 Å². The lowest BCUT2D eigenvalue weighted by molar-refractivity contribution is 0.568. The van der Waals surface area contributed by atoms with Crippen LogP contribution in [0.3, 0.4) is 0 Å². The number of hydrogen-bond acceptors (Lipinski definition) is 5. The number of nitrogens with zero attached hydrogens (tertiary/aromatic N) is 6. The third kappa shape index (κ3) is 9.49. The maximum Gasteiger partial charge on any atom is 0.252 e. The van der Waals surface area contributed by atoms with E-state index < -0.39 is 0 Å². The second kappa shape index (κ2) is 20.2. The molecule has 0 N–H and O–H groups in total. The summed E-state index contributed by atoms with van der Waals surface area (Å²) in [6.45, 7) is 28.1. The summed E-state index contributed by atoms with van der Waals surface area (Å²) in [6, 6.07) is 83.1. The molecule has 10 aromatic carbocycles. The minimum absolute atomic E-state index is 0.0106. The number of hydrogen-bond donors (Lipinski definition) is 0. The highest BCUT2D eigenvalue weighted by Crippen LogP contribution is 2.49. The first-order valence-corrected chi connectivity index (χ1v) is 30.5. The highest BCUT2D eigenvalue weighted by atomic mass is 15.2. The van der Waals surface area contributed by atoms with E-state index in [2.05, 4.69) is 261 Å². The van der Waals surface area contributed by atoms with Gasteiger partial charge in [0.25, 0.3) is 6.71 Å². The maximum atomic E-state index is 5.06. The third-order valence-electron chi connectivity index (χ3n) is 17.8. The van der Waals surface area contributed by atoms with Gasteiger partial charge in [-0.25, -0.2) is 15.0 Å². The van der Waals surface area contributed by atoms with E-state index in [-0.39, 0.29) is 28.4 Å². The molecule has 0 atom stereocenters. The lowest BCUT2D eigenvalue weighted by Crippen LogP contribution is -2.61. The lowest BCUT2D eigenvalue weighted by Gasteiger charge is -2.45. The van der Waals surface area contributed by atoms with Gasteiger partial charge in [-0.15, -0.1) is 0 Å². The Morgan fingerprint density at radius 2 is 0.674 bits per heavy atom. The summed E-state index contributed by atoms with van der Waals surface area (Å²) in [4.78, 5) is 20.3. The Bertz CT molecular complexity index is 4360. The molecule has 0 fully saturated rings. The second-order valence-corrected chi connectivity index (χ2v) is 27.9. The zero-order chi connectivity index (χ0) is 59.6. The van der Waals surface area contributed by atoms with Crippen molar-refractivity contribution >= 4 is 79.0 Å². The first-order chi connectivity index (χ1) is 41.2. The zero-order valence-corrected chi connectivity index (χ0v) is 51.6. The predicted molar refractivity (Wildman–Crippen MR) is 365 cm³/mol. The lowest BCUT2D eigenvalue weighted by atomic mass is 9.33. The van der Waals surface area contributed by atoms with Crippen LogP contribution in [0.25, 0.3) is 72.8 Å². The SMILES string of the molecule is CC(C)(C)c1cc(N2c3ccccc3B3c4ccccc4N(c4cc(C(C)(C)C)cc(C(C)(C)C)c4)c4cc(-c5ccc6c(c5)c5ccccc5n6-c5ccc(-c6nc(-c7ccccc7)nc(-c7ccccc7)n6)cc5)cc2c43)cc(C(C)(C)C)c1. The van der Waals surface area contributed by atoms with Crippen LogP contribution in [0.15, 0.2) is 224 Å². The van der Waals surface area contributed by atoms with Crippen molar-refractivity contribution < 1.29 is 0 Å². The number of rotatable bonds is 7. The van der Waals surface area contributed by atoms with Crippen LogP contribution >= 0.6 is 0 Å². The van der Waals surface area contributed by atoms with Gasteiger partial charge in [0, 0.05) is 67.3 Å². The van der Waals surface area contributed by atoms with Gasteiger partial charge in [0.1, 0.15) is 0 Å². The molecule has 86 heavy (non-hydrogen) atoms. The van der Waals surface area contributed by atoms with Crippen LogP contribution < -0.4 is 26.2 Å². The molecule has 2 aromatic heterocycles. The minimum atomic E-state index is -0.0858. The Morgan fingerprint density at radius 3 is 1.13 bits per heavy atom. The molecule has 0 amide bonds. The van der Waals surface area contributed by atoms with Crippen molar-refractivity contribution in [2.24, 2.45) is 0 Å². The molecule has 422 valence electrons. The van der Waals surface area contributed by atoms with Crippen molar-refractivity contribution in [3.8, 4) is 51.0 Å². The van der Waals surface area contributed by atoms with Crippen LogP contribution in [0.5, 0.6) is 0 Å².